The number of ether oxygens (including phenoxy) is 1. The molecule has 4 rings (SSSR count). The van der Waals surface area contributed by atoms with Gasteiger partial charge in [0, 0.05) is 28.8 Å². The number of carboxylic acid groups (broad SMARTS) is 1. The van der Waals surface area contributed by atoms with Gasteiger partial charge in [0.2, 0.25) is 5.60 Å². The van der Waals surface area contributed by atoms with Crippen molar-refractivity contribution in [1.82, 2.24) is 15.2 Å². The van der Waals surface area contributed by atoms with E-state index < -0.39 is 40.8 Å². The summed E-state index contributed by atoms with van der Waals surface area (Å²) in [4.78, 5) is 60.7. The zero-order chi connectivity index (χ0) is 27.6. The summed E-state index contributed by atoms with van der Waals surface area (Å²) in [6, 6.07) is 4.41. The molecular weight excluding hydrogens is 536 g/mol. The van der Waals surface area contributed by atoms with Gasteiger partial charge in [-0.3, -0.25) is 14.5 Å². The van der Waals surface area contributed by atoms with E-state index >= 15 is 0 Å². The Kier molecular flexibility index (Phi) is 7.68. The number of esters is 1. The van der Waals surface area contributed by atoms with Crippen molar-refractivity contribution in [3.63, 3.8) is 0 Å². The lowest BCUT2D eigenvalue weighted by Crippen LogP contribution is -2.71. The van der Waals surface area contributed by atoms with Gasteiger partial charge in [0.1, 0.15) is 17.1 Å². The number of nitrogens with two attached hydrogens (primary N) is 1. The largest absolute Gasteiger partial charge is 0.543 e. The number of hydrogen-bond acceptors (Lipinski definition) is 12. The summed E-state index contributed by atoms with van der Waals surface area (Å²) in [7, 11) is 1.18. The summed E-state index contributed by atoms with van der Waals surface area (Å²) >= 11 is 2.37. The topological polar surface area (TPSA) is 180 Å². The van der Waals surface area contributed by atoms with Crippen LogP contribution in [-0.2, 0) is 35.3 Å². The van der Waals surface area contributed by atoms with Crippen LogP contribution in [-0.4, -0.2) is 69.2 Å². The minimum absolute atomic E-state index is 0.0723. The van der Waals surface area contributed by atoms with E-state index in [9.17, 15) is 24.3 Å². The average Bonchev–Trinajstić information content (AvgIpc) is 3.32. The number of aliphatic carboxylic acids is 1. The summed E-state index contributed by atoms with van der Waals surface area (Å²) in [5.74, 6) is -3.32. The fourth-order valence-electron chi connectivity index (χ4n) is 3.81. The number of carboxylic acids is 1. The highest BCUT2D eigenvalue weighted by Crippen LogP contribution is 2.40. The van der Waals surface area contributed by atoms with Crippen LogP contribution in [0.3, 0.4) is 0 Å². The maximum absolute atomic E-state index is 13.2. The summed E-state index contributed by atoms with van der Waals surface area (Å²) in [5.41, 5.74) is 4.24. The molecule has 1 fully saturated rings. The number of fused-ring (bicyclic) bond motifs is 1. The summed E-state index contributed by atoms with van der Waals surface area (Å²) < 4.78 is 6.47. The molecule has 0 saturated carbocycles. The smallest absolute Gasteiger partial charge is 0.352 e. The van der Waals surface area contributed by atoms with Crippen molar-refractivity contribution in [2.45, 2.75) is 37.4 Å². The molecule has 0 radical (unpaired) electrons. The van der Waals surface area contributed by atoms with Crippen LogP contribution in [0.15, 0.2) is 52.4 Å². The van der Waals surface area contributed by atoms with E-state index in [0.29, 0.717) is 11.3 Å². The summed E-state index contributed by atoms with van der Waals surface area (Å²) in [6.07, 6.45) is 3.57. The quantitative estimate of drug-likeness (QED) is 0.124. The Morgan fingerprint density at radius 2 is 2.03 bits per heavy atom. The maximum Gasteiger partial charge on any atom is 0.352 e. The molecule has 200 valence electrons. The van der Waals surface area contributed by atoms with Crippen molar-refractivity contribution in [3.05, 3.63) is 52.9 Å². The van der Waals surface area contributed by atoms with Gasteiger partial charge < -0.3 is 30.5 Å². The molecule has 1 saturated heterocycles. The number of methoxy groups -OCH3 is 1. The number of hydrogen-bond donors (Lipinski definition) is 2. The van der Waals surface area contributed by atoms with Crippen LogP contribution in [0.25, 0.3) is 0 Å². The van der Waals surface area contributed by atoms with Crippen molar-refractivity contribution < 1.29 is 38.4 Å². The second-order valence-electron chi connectivity index (χ2n) is 8.75. The van der Waals surface area contributed by atoms with Crippen LogP contribution in [0.4, 0.5) is 5.13 Å². The highest BCUT2D eigenvalue weighted by atomic mass is 32.2. The predicted octanol–water partition coefficient (Wildman–Crippen LogP) is -1.21. The predicted molar refractivity (Wildman–Crippen MR) is 134 cm³/mol. The molecule has 0 spiro atoms. The lowest BCUT2D eigenvalue weighted by molar-refractivity contribution is -0.689. The molecule has 2 aliphatic heterocycles. The van der Waals surface area contributed by atoms with Crippen molar-refractivity contribution in [1.29, 1.82) is 0 Å². The number of thiazole rings is 1. The zero-order valence-electron chi connectivity index (χ0n) is 20.6. The fourth-order valence-corrected chi connectivity index (χ4v) is 5.69. The van der Waals surface area contributed by atoms with Crippen LogP contribution < -0.4 is 20.7 Å². The fraction of sp³-hybridized carbons (Fsp3) is 0.348. The van der Waals surface area contributed by atoms with Crippen LogP contribution in [0.1, 0.15) is 19.5 Å². The van der Waals surface area contributed by atoms with E-state index in [0.717, 1.165) is 16.2 Å². The molecule has 38 heavy (non-hydrogen) atoms. The van der Waals surface area contributed by atoms with Crippen molar-refractivity contribution >= 4 is 57.7 Å². The van der Waals surface area contributed by atoms with Crippen LogP contribution in [0.5, 0.6) is 0 Å². The molecule has 3 N–H and O–H groups in total. The van der Waals surface area contributed by atoms with Crippen LogP contribution in [0, 0.1) is 0 Å². The third-order valence-corrected chi connectivity index (χ3v) is 7.71. The Morgan fingerprint density at radius 1 is 1.32 bits per heavy atom. The number of amides is 2. The minimum Gasteiger partial charge on any atom is -0.543 e. The van der Waals surface area contributed by atoms with Gasteiger partial charge in [-0.05, 0) is 13.8 Å². The van der Waals surface area contributed by atoms with Crippen molar-refractivity contribution in [2.75, 3.05) is 18.6 Å². The number of nitrogens with zero attached hydrogens (tertiary/aromatic N) is 4. The first-order valence-electron chi connectivity index (χ1n) is 11.2. The average molecular weight is 561 g/mol. The molecule has 2 aliphatic rings. The van der Waals surface area contributed by atoms with Gasteiger partial charge in [0.05, 0.1) is 18.8 Å². The molecule has 0 bridgehead atoms. The number of nitrogen functional groups attached to an aromatic ring is 1. The van der Waals surface area contributed by atoms with Crippen molar-refractivity contribution in [2.24, 2.45) is 5.16 Å². The molecule has 0 unspecified atom stereocenters. The number of aromatic nitrogens is 2. The molecule has 2 aromatic rings. The van der Waals surface area contributed by atoms with Gasteiger partial charge in [-0.1, -0.05) is 11.2 Å². The van der Waals surface area contributed by atoms with Gasteiger partial charge in [-0.25, -0.2) is 14.3 Å². The standard InChI is InChI=1S/C23H24N6O7S2/c1-23(2,21(34)35-3)36-27-14(13-11-38-22(24)25-13)17(30)26-15-18(31)29-16(20(32)33)12(10-37-19(15)29)9-28-7-5-4-6-8-28/h4-8,11,15,19H,9-10H2,1-3H3,(H3-,24,25,26,30,32,33)/t15-,19-/m1/s1. The number of thioether (sulfide) groups is 1. The number of pyridine rings is 1. The number of oxime groups is 1. The molecule has 2 amide bonds. The highest BCUT2D eigenvalue weighted by Gasteiger charge is 2.53. The summed E-state index contributed by atoms with van der Waals surface area (Å²) in [6.45, 7) is 3.07. The molecule has 4 heterocycles. The number of rotatable bonds is 9. The second kappa shape index (κ2) is 10.8. The number of carbonyl (C=O) groups is 4. The van der Waals surface area contributed by atoms with Gasteiger partial charge >= 0.3 is 5.97 Å². The first-order valence-corrected chi connectivity index (χ1v) is 13.1. The minimum atomic E-state index is -1.52. The van der Waals surface area contributed by atoms with Gasteiger partial charge in [0.25, 0.3) is 11.8 Å². The third kappa shape index (κ3) is 5.33. The van der Waals surface area contributed by atoms with E-state index in [1.54, 1.807) is 17.0 Å². The van der Waals surface area contributed by atoms with Gasteiger partial charge in [-0.15, -0.1) is 23.1 Å². The number of nitrogens with one attached hydrogen (secondary N) is 1. The first kappa shape index (κ1) is 27.1. The van der Waals surface area contributed by atoms with E-state index in [1.165, 1.54) is 38.1 Å². The lowest BCUT2D eigenvalue weighted by Gasteiger charge is -2.50. The zero-order valence-corrected chi connectivity index (χ0v) is 22.2. The Bertz CT molecular complexity index is 1340. The second-order valence-corrected chi connectivity index (χ2v) is 10.7. The Labute approximate surface area is 225 Å². The van der Waals surface area contributed by atoms with Crippen LogP contribution in [0.2, 0.25) is 0 Å². The lowest BCUT2D eigenvalue weighted by atomic mass is 10.0. The number of anilines is 1. The molecule has 0 aliphatic carbocycles. The summed E-state index contributed by atoms with van der Waals surface area (Å²) in [5, 5.41) is 19.4. The Hall–Kier alpha value is -3.98. The molecular formula is C23H24N6O7S2. The van der Waals surface area contributed by atoms with E-state index in [1.807, 2.05) is 18.2 Å². The van der Waals surface area contributed by atoms with Gasteiger partial charge in [-0.2, -0.15) is 0 Å². The van der Waals surface area contributed by atoms with E-state index in [-0.39, 0.29) is 28.8 Å². The highest BCUT2D eigenvalue weighted by molar-refractivity contribution is 8.00. The number of carbonyl (C=O) groups excluding carboxylic acids is 4. The maximum atomic E-state index is 13.2. The Morgan fingerprint density at radius 3 is 2.63 bits per heavy atom. The Balaban J connectivity index is 1.55. The molecule has 2 atom stereocenters. The molecule has 13 nitrogen and oxygen atoms in total. The van der Waals surface area contributed by atoms with E-state index in [4.69, 9.17) is 10.6 Å². The normalized spacial score (nSPS) is 19.4. The van der Waals surface area contributed by atoms with E-state index in [2.05, 4.69) is 20.2 Å². The molecule has 0 aromatic carbocycles. The number of β-lactam (4-membered cyclic amide) rings is 1. The monoisotopic (exact) mass is 560 g/mol. The third-order valence-electron chi connectivity index (χ3n) is 5.70. The van der Waals surface area contributed by atoms with Gasteiger partial charge in [0.15, 0.2) is 29.8 Å². The van der Waals surface area contributed by atoms with Crippen LogP contribution >= 0.6 is 23.1 Å². The molecule has 2 aromatic heterocycles. The molecule has 15 heteroatoms. The SMILES string of the molecule is COC(=O)C(C)(C)ON=C(C(=O)N[C@@H]1C(=O)N2C(C(=O)[O-])=C(C[n+]3ccccc3)CS[C@H]12)c1csc(N)n1. The first-order chi connectivity index (χ1) is 18.0. The van der Waals surface area contributed by atoms with Crippen molar-refractivity contribution in [3.8, 4) is 0 Å².